The van der Waals surface area contributed by atoms with Gasteiger partial charge in [-0.25, -0.2) is 0 Å². The Hall–Kier alpha value is -0.950. The Morgan fingerprint density at radius 1 is 1.26 bits per heavy atom. The van der Waals surface area contributed by atoms with E-state index in [0.717, 1.165) is 34.9 Å². The minimum absolute atomic E-state index is 0.0131. The molecule has 0 aromatic heterocycles. The van der Waals surface area contributed by atoms with Crippen molar-refractivity contribution in [2.45, 2.75) is 19.3 Å². The van der Waals surface area contributed by atoms with Gasteiger partial charge in [-0.05, 0) is 62.4 Å². The first-order chi connectivity index (χ1) is 9.06. The molecule has 0 atom stereocenters. The summed E-state index contributed by atoms with van der Waals surface area (Å²) in [5, 5.41) is 19.1. The zero-order chi connectivity index (χ0) is 13.8. The van der Waals surface area contributed by atoms with Gasteiger partial charge in [-0.1, -0.05) is 5.22 Å². The van der Waals surface area contributed by atoms with Crippen molar-refractivity contribution in [3.05, 3.63) is 26.6 Å². The molecule has 0 radical (unpaired) electrons. The molecule has 0 spiro atoms. The minimum Gasteiger partial charge on any atom is -0.481 e. The van der Waals surface area contributed by atoms with Crippen molar-refractivity contribution in [1.29, 1.82) is 0 Å². The number of rotatable bonds is 4. The molecule has 1 heterocycles. The van der Waals surface area contributed by atoms with Gasteiger partial charge >= 0.3 is 5.97 Å². The zero-order valence-corrected chi connectivity index (χ0v) is 13.3. The molecule has 19 heavy (non-hydrogen) atoms. The standard InChI is InChI=1S/C12H13Br2N3O2/c13-9-5-8(7-11(18)19)6-10(14)12(9)15-16-17-3-1-2-4-17/h5-6H,1-4,7H2,(H,18,19). The fourth-order valence-corrected chi connectivity index (χ4v) is 3.33. The molecule has 1 aromatic carbocycles. The summed E-state index contributed by atoms with van der Waals surface area (Å²) in [6, 6.07) is 3.52. The topological polar surface area (TPSA) is 65.3 Å². The number of nitrogens with zero attached hydrogens (tertiary/aromatic N) is 3. The third-order valence-corrected chi connectivity index (χ3v) is 3.99. The molecule has 1 aliphatic heterocycles. The normalized spacial score (nSPS) is 15.4. The van der Waals surface area contributed by atoms with Crippen LogP contribution in [0, 0.1) is 0 Å². The van der Waals surface area contributed by atoms with Gasteiger partial charge in [-0.15, -0.1) is 5.11 Å². The van der Waals surface area contributed by atoms with Gasteiger partial charge in [-0.2, -0.15) is 0 Å². The van der Waals surface area contributed by atoms with Gasteiger partial charge < -0.3 is 5.11 Å². The molecule has 2 rings (SSSR count). The Bertz CT molecular complexity index is 491. The van der Waals surface area contributed by atoms with E-state index < -0.39 is 5.97 Å². The van der Waals surface area contributed by atoms with Crippen LogP contribution in [0.1, 0.15) is 18.4 Å². The van der Waals surface area contributed by atoms with Crippen molar-refractivity contribution in [2.75, 3.05) is 13.1 Å². The van der Waals surface area contributed by atoms with E-state index in [1.807, 2.05) is 5.01 Å². The van der Waals surface area contributed by atoms with Crippen LogP contribution in [0.25, 0.3) is 0 Å². The fourth-order valence-electron chi connectivity index (χ4n) is 1.89. The van der Waals surface area contributed by atoms with Crippen LogP contribution in [0.5, 0.6) is 0 Å². The van der Waals surface area contributed by atoms with E-state index in [-0.39, 0.29) is 6.42 Å². The molecule has 0 bridgehead atoms. The van der Waals surface area contributed by atoms with Crippen molar-refractivity contribution in [3.63, 3.8) is 0 Å². The maximum Gasteiger partial charge on any atom is 0.307 e. The lowest BCUT2D eigenvalue weighted by Gasteiger charge is -2.09. The second-order valence-corrected chi connectivity index (χ2v) is 6.04. The van der Waals surface area contributed by atoms with Crippen molar-refractivity contribution in [3.8, 4) is 0 Å². The number of benzene rings is 1. The van der Waals surface area contributed by atoms with E-state index >= 15 is 0 Å². The van der Waals surface area contributed by atoms with E-state index in [0.29, 0.717) is 11.3 Å². The fraction of sp³-hybridized carbons (Fsp3) is 0.417. The Morgan fingerprint density at radius 2 is 1.84 bits per heavy atom. The lowest BCUT2D eigenvalue weighted by Crippen LogP contribution is -2.09. The van der Waals surface area contributed by atoms with Crippen molar-refractivity contribution in [2.24, 2.45) is 10.3 Å². The number of hydrogen-bond donors (Lipinski definition) is 1. The molecule has 5 nitrogen and oxygen atoms in total. The van der Waals surface area contributed by atoms with E-state index in [1.165, 1.54) is 0 Å². The first-order valence-electron chi connectivity index (χ1n) is 5.92. The molecule has 0 aliphatic carbocycles. The van der Waals surface area contributed by atoms with E-state index in [9.17, 15) is 4.79 Å². The monoisotopic (exact) mass is 389 g/mol. The van der Waals surface area contributed by atoms with E-state index in [4.69, 9.17) is 5.11 Å². The van der Waals surface area contributed by atoms with Crippen LogP contribution in [-0.4, -0.2) is 29.2 Å². The Balaban J connectivity index is 2.18. The average Bonchev–Trinajstić information content (AvgIpc) is 2.79. The molecular weight excluding hydrogens is 378 g/mol. The first-order valence-corrected chi connectivity index (χ1v) is 7.51. The summed E-state index contributed by atoms with van der Waals surface area (Å²) in [5.41, 5.74) is 1.40. The maximum atomic E-state index is 10.7. The average molecular weight is 391 g/mol. The van der Waals surface area contributed by atoms with Gasteiger partial charge in [0.1, 0.15) is 5.69 Å². The van der Waals surface area contributed by atoms with Crippen molar-refractivity contribution < 1.29 is 9.90 Å². The number of carboxylic acids is 1. The predicted octanol–water partition coefficient (Wildman–Crippen LogP) is 3.93. The van der Waals surface area contributed by atoms with E-state index in [1.54, 1.807) is 12.1 Å². The SMILES string of the molecule is O=C(O)Cc1cc(Br)c(N=NN2CCCC2)c(Br)c1. The highest BCUT2D eigenvalue weighted by Crippen LogP contribution is 2.35. The van der Waals surface area contributed by atoms with Crippen molar-refractivity contribution in [1.82, 2.24) is 5.01 Å². The Kier molecular flexibility index (Phi) is 4.93. The molecule has 1 N–H and O–H groups in total. The number of carboxylic acid groups (broad SMARTS) is 1. The van der Waals surface area contributed by atoms with E-state index in [2.05, 4.69) is 42.2 Å². The minimum atomic E-state index is -0.856. The highest BCUT2D eigenvalue weighted by molar-refractivity contribution is 9.11. The summed E-state index contributed by atoms with van der Waals surface area (Å²) >= 11 is 6.80. The number of halogens is 2. The molecule has 102 valence electrons. The lowest BCUT2D eigenvalue weighted by atomic mass is 10.1. The summed E-state index contributed by atoms with van der Waals surface area (Å²) in [4.78, 5) is 10.7. The predicted molar refractivity (Wildman–Crippen MR) is 78.5 cm³/mol. The highest BCUT2D eigenvalue weighted by atomic mass is 79.9. The summed E-state index contributed by atoms with van der Waals surface area (Å²) in [6.07, 6.45) is 2.29. The largest absolute Gasteiger partial charge is 0.481 e. The molecule has 7 heteroatoms. The third kappa shape index (κ3) is 4.01. The van der Waals surface area contributed by atoms with Crippen LogP contribution in [0.15, 0.2) is 31.4 Å². The quantitative estimate of drug-likeness (QED) is 0.792. The van der Waals surface area contributed by atoms with Gasteiger partial charge in [0, 0.05) is 22.0 Å². The number of hydrogen-bond acceptors (Lipinski definition) is 3. The van der Waals surface area contributed by atoms with Crippen LogP contribution < -0.4 is 0 Å². The zero-order valence-electron chi connectivity index (χ0n) is 10.1. The highest BCUT2D eigenvalue weighted by Gasteiger charge is 2.12. The summed E-state index contributed by atoms with van der Waals surface area (Å²) in [7, 11) is 0. The van der Waals surface area contributed by atoms with Crippen LogP contribution >= 0.6 is 31.9 Å². The molecule has 0 unspecified atom stereocenters. The van der Waals surface area contributed by atoms with Crippen LogP contribution in [0.4, 0.5) is 5.69 Å². The molecule has 1 saturated heterocycles. The smallest absolute Gasteiger partial charge is 0.307 e. The van der Waals surface area contributed by atoms with Gasteiger partial charge in [-0.3, -0.25) is 9.80 Å². The second kappa shape index (κ2) is 6.47. The second-order valence-electron chi connectivity index (χ2n) is 4.33. The summed E-state index contributed by atoms with van der Waals surface area (Å²) < 4.78 is 1.47. The molecule has 1 aliphatic rings. The molecule has 0 saturated carbocycles. The van der Waals surface area contributed by atoms with Crippen molar-refractivity contribution >= 4 is 43.5 Å². The van der Waals surface area contributed by atoms with Crippen LogP contribution in [-0.2, 0) is 11.2 Å². The van der Waals surface area contributed by atoms with Gasteiger partial charge in [0.15, 0.2) is 0 Å². The molecule has 1 aromatic rings. The maximum absolute atomic E-state index is 10.7. The Labute approximate surface area is 127 Å². The number of aliphatic carboxylic acids is 1. The van der Waals surface area contributed by atoms with Gasteiger partial charge in [0.05, 0.1) is 6.42 Å². The molecular formula is C12H13Br2N3O2. The Morgan fingerprint density at radius 3 is 2.37 bits per heavy atom. The van der Waals surface area contributed by atoms with Crippen LogP contribution in [0.3, 0.4) is 0 Å². The third-order valence-electron chi connectivity index (χ3n) is 2.79. The van der Waals surface area contributed by atoms with Crippen LogP contribution in [0.2, 0.25) is 0 Å². The lowest BCUT2D eigenvalue weighted by molar-refractivity contribution is -0.136. The van der Waals surface area contributed by atoms with Gasteiger partial charge in [0.2, 0.25) is 0 Å². The first kappa shape index (κ1) is 14.5. The number of carbonyl (C=O) groups is 1. The molecule has 0 amide bonds. The molecule has 1 fully saturated rings. The summed E-state index contributed by atoms with van der Waals surface area (Å²) in [6.45, 7) is 1.88. The van der Waals surface area contributed by atoms with Gasteiger partial charge in [0.25, 0.3) is 0 Å². The summed E-state index contributed by atoms with van der Waals surface area (Å²) in [5.74, 6) is -0.856.